The largest absolute Gasteiger partial charge is 0.484 e. The van der Waals surface area contributed by atoms with Crippen molar-refractivity contribution in [3.8, 4) is 11.8 Å². The molecule has 0 saturated carbocycles. The van der Waals surface area contributed by atoms with Crippen molar-refractivity contribution in [2.45, 2.75) is 13.3 Å². The van der Waals surface area contributed by atoms with Crippen LogP contribution in [0.1, 0.15) is 12.0 Å². The van der Waals surface area contributed by atoms with E-state index in [1.807, 2.05) is 13.0 Å². The second-order valence-corrected chi connectivity index (χ2v) is 5.51. The molecule has 0 aliphatic heterocycles. The number of ether oxygens (including phenoxy) is 1. The van der Waals surface area contributed by atoms with Crippen LogP contribution in [0.5, 0.6) is 5.75 Å². The van der Waals surface area contributed by atoms with Gasteiger partial charge in [-0.15, -0.1) is 0 Å². The summed E-state index contributed by atoms with van der Waals surface area (Å²) in [7, 11) is 0. The van der Waals surface area contributed by atoms with Crippen LogP contribution < -0.4 is 9.64 Å². The predicted octanol–water partition coefficient (Wildman–Crippen LogP) is 4.11. The summed E-state index contributed by atoms with van der Waals surface area (Å²) in [5.74, 6) is -0.451. The van der Waals surface area contributed by atoms with Crippen molar-refractivity contribution in [1.82, 2.24) is 0 Å². The molecule has 1 amide bonds. The maximum absolute atomic E-state index is 14.0. The van der Waals surface area contributed by atoms with Gasteiger partial charge in [-0.2, -0.15) is 5.26 Å². The third-order valence-electron chi connectivity index (χ3n) is 3.38. The minimum atomic E-state index is -0.522. The van der Waals surface area contributed by atoms with E-state index < -0.39 is 11.7 Å². The average Bonchev–Trinajstić information content (AvgIpc) is 2.57. The molecule has 0 bridgehead atoms. The molecule has 0 spiro atoms. The fraction of sp³-hybridized carbons (Fsp3) is 0.222. The van der Waals surface area contributed by atoms with Gasteiger partial charge in [0.1, 0.15) is 11.6 Å². The number of para-hydroxylation sites is 1. The fourth-order valence-corrected chi connectivity index (χ4v) is 2.26. The number of nitrogens with zero attached hydrogens (tertiary/aromatic N) is 2. The number of hydrogen-bond acceptors (Lipinski definition) is 3. The van der Waals surface area contributed by atoms with E-state index in [0.717, 1.165) is 5.56 Å². The lowest BCUT2D eigenvalue weighted by atomic mass is 10.2. The quantitative estimate of drug-likeness (QED) is 0.790. The molecule has 124 valence electrons. The van der Waals surface area contributed by atoms with Crippen LogP contribution in [0.2, 0.25) is 5.02 Å². The lowest BCUT2D eigenvalue weighted by Crippen LogP contribution is -2.36. The molecular weight excluding hydrogens is 331 g/mol. The maximum Gasteiger partial charge on any atom is 0.265 e. The summed E-state index contributed by atoms with van der Waals surface area (Å²) in [5.41, 5.74) is 0.964. The number of anilines is 1. The Kier molecular flexibility index (Phi) is 6.16. The minimum Gasteiger partial charge on any atom is -0.484 e. The third kappa shape index (κ3) is 4.46. The average molecular weight is 347 g/mol. The molecule has 6 heteroatoms. The lowest BCUT2D eigenvalue weighted by Gasteiger charge is -2.22. The molecule has 0 saturated heterocycles. The van der Waals surface area contributed by atoms with E-state index in [0.29, 0.717) is 10.8 Å². The van der Waals surface area contributed by atoms with Crippen LogP contribution in [0.25, 0.3) is 0 Å². The Hall–Kier alpha value is -2.58. The highest BCUT2D eigenvalue weighted by molar-refractivity contribution is 6.31. The Morgan fingerprint density at radius 1 is 1.33 bits per heavy atom. The van der Waals surface area contributed by atoms with Crippen LogP contribution in [0.4, 0.5) is 10.1 Å². The lowest BCUT2D eigenvalue weighted by molar-refractivity contribution is -0.120. The number of benzene rings is 2. The summed E-state index contributed by atoms with van der Waals surface area (Å²) in [5, 5.41) is 9.36. The number of hydrogen-bond donors (Lipinski definition) is 0. The number of nitriles is 1. The van der Waals surface area contributed by atoms with Crippen molar-refractivity contribution in [1.29, 1.82) is 5.26 Å². The predicted molar refractivity (Wildman–Crippen MR) is 90.7 cm³/mol. The molecule has 0 aliphatic carbocycles. The van der Waals surface area contributed by atoms with Gasteiger partial charge in [-0.3, -0.25) is 4.79 Å². The first-order valence-electron chi connectivity index (χ1n) is 7.33. The molecule has 0 aliphatic rings. The molecule has 2 aromatic rings. The summed E-state index contributed by atoms with van der Waals surface area (Å²) in [4.78, 5) is 13.6. The first-order valence-corrected chi connectivity index (χ1v) is 7.71. The Morgan fingerprint density at radius 3 is 2.75 bits per heavy atom. The summed E-state index contributed by atoms with van der Waals surface area (Å²) >= 11 is 5.95. The Morgan fingerprint density at radius 2 is 2.08 bits per heavy atom. The minimum absolute atomic E-state index is 0.0965. The molecule has 0 heterocycles. The number of aryl methyl sites for hydroxylation is 1. The van der Waals surface area contributed by atoms with Crippen LogP contribution in [-0.2, 0) is 4.79 Å². The number of amides is 1. The van der Waals surface area contributed by atoms with Gasteiger partial charge in [0.05, 0.1) is 18.2 Å². The summed E-state index contributed by atoms with van der Waals surface area (Å²) in [6.07, 6.45) is 0.0973. The monoisotopic (exact) mass is 346 g/mol. The van der Waals surface area contributed by atoms with Gasteiger partial charge in [-0.1, -0.05) is 23.7 Å². The Balaban J connectivity index is 2.11. The van der Waals surface area contributed by atoms with Crippen LogP contribution in [-0.4, -0.2) is 19.1 Å². The topological polar surface area (TPSA) is 53.3 Å². The van der Waals surface area contributed by atoms with Gasteiger partial charge >= 0.3 is 0 Å². The molecule has 0 aromatic heterocycles. The summed E-state index contributed by atoms with van der Waals surface area (Å²) in [6.45, 7) is 1.66. The van der Waals surface area contributed by atoms with Gasteiger partial charge in [0, 0.05) is 11.6 Å². The van der Waals surface area contributed by atoms with Crippen molar-refractivity contribution >= 4 is 23.2 Å². The van der Waals surface area contributed by atoms with Crippen LogP contribution in [0.15, 0.2) is 42.5 Å². The highest BCUT2D eigenvalue weighted by Crippen LogP contribution is 2.22. The third-order valence-corrected chi connectivity index (χ3v) is 3.81. The smallest absolute Gasteiger partial charge is 0.265 e. The highest BCUT2D eigenvalue weighted by atomic mass is 35.5. The number of rotatable bonds is 6. The van der Waals surface area contributed by atoms with Crippen molar-refractivity contribution < 1.29 is 13.9 Å². The maximum atomic E-state index is 14.0. The van der Waals surface area contributed by atoms with Crippen molar-refractivity contribution in [2.75, 3.05) is 18.1 Å². The molecule has 0 unspecified atom stereocenters. The highest BCUT2D eigenvalue weighted by Gasteiger charge is 2.19. The number of carbonyl (C=O) groups excluding carboxylic acids is 1. The van der Waals surface area contributed by atoms with Crippen LogP contribution in [0, 0.1) is 24.1 Å². The van der Waals surface area contributed by atoms with Gasteiger partial charge in [0.2, 0.25) is 0 Å². The normalized spacial score (nSPS) is 10.1. The molecule has 2 aromatic carbocycles. The van der Waals surface area contributed by atoms with Crippen LogP contribution in [0.3, 0.4) is 0 Å². The van der Waals surface area contributed by atoms with E-state index in [1.165, 1.54) is 17.0 Å². The van der Waals surface area contributed by atoms with E-state index in [9.17, 15) is 9.18 Å². The van der Waals surface area contributed by atoms with E-state index in [1.54, 1.807) is 30.3 Å². The second-order valence-electron chi connectivity index (χ2n) is 5.10. The van der Waals surface area contributed by atoms with Gasteiger partial charge in [0.25, 0.3) is 5.91 Å². The van der Waals surface area contributed by atoms with Crippen LogP contribution >= 0.6 is 11.6 Å². The zero-order valence-electron chi connectivity index (χ0n) is 13.1. The van der Waals surface area contributed by atoms with Crippen molar-refractivity contribution in [3.05, 3.63) is 58.9 Å². The van der Waals surface area contributed by atoms with Gasteiger partial charge in [-0.25, -0.2) is 4.39 Å². The molecule has 0 atom stereocenters. The SMILES string of the molecule is Cc1cc(OCC(=O)N(CCC#N)c2ccccc2F)ccc1Cl. The molecular formula is C18H16ClFN2O2. The first-order chi connectivity index (χ1) is 11.5. The standard InChI is InChI=1S/C18H16ClFN2O2/c1-13-11-14(7-8-15(13)19)24-12-18(23)22(10-4-9-21)17-6-3-2-5-16(17)20/h2-3,5-8,11H,4,10,12H2,1H3. The van der Waals surface area contributed by atoms with Crippen molar-refractivity contribution in [2.24, 2.45) is 0 Å². The summed E-state index contributed by atoms with van der Waals surface area (Å²) < 4.78 is 19.4. The molecule has 0 fully saturated rings. The fourth-order valence-electron chi connectivity index (χ4n) is 2.14. The Bertz CT molecular complexity index is 774. The molecule has 0 radical (unpaired) electrons. The number of carbonyl (C=O) groups is 1. The summed E-state index contributed by atoms with van der Waals surface area (Å²) in [6, 6.07) is 13.0. The van der Waals surface area contributed by atoms with Gasteiger partial charge in [-0.05, 0) is 42.8 Å². The molecule has 4 nitrogen and oxygen atoms in total. The second kappa shape index (κ2) is 8.32. The molecule has 24 heavy (non-hydrogen) atoms. The van der Waals surface area contributed by atoms with E-state index in [-0.39, 0.29) is 25.3 Å². The zero-order chi connectivity index (χ0) is 17.5. The van der Waals surface area contributed by atoms with Gasteiger partial charge < -0.3 is 9.64 Å². The molecule has 0 N–H and O–H groups in total. The van der Waals surface area contributed by atoms with E-state index >= 15 is 0 Å². The van der Waals surface area contributed by atoms with E-state index in [2.05, 4.69) is 0 Å². The Labute approximate surface area is 145 Å². The van der Waals surface area contributed by atoms with E-state index in [4.69, 9.17) is 21.6 Å². The van der Waals surface area contributed by atoms with Crippen molar-refractivity contribution in [3.63, 3.8) is 0 Å². The molecule has 2 rings (SSSR count). The first kappa shape index (κ1) is 17.8. The zero-order valence-corrected chi connectivity index (χ0v) is 13.9. The van der Waals surface area contributed by atoms with Gasteiger partial charge in [0.15, 0.2) is 6.61 Å². The number of halogens is 2.